The summed E-state index contributed by atoms with van der Waals surface area (Å²) < 4.78 is 0. The lowest BCUT2D eigenvalue weighted by Gasteiger charge is -2.22. The fourth-order valence-electron chi connectivity index (χ4n) is 2.28. The Morgan fingerprint density at radius 3 is 2.85 bits per heavy atom. The number of hydrogen-bond acceptors (Lipinski definition) is 4. The molecule has 2 aromatic heterocycles. The summed E-state index contributed by atoms with van der Waals surface area (Å²) in [6, 6.07) is 6.24. The highest BCUT2D eigenvalue weighted by Gasteiger charge is 2.34. The maximum absolute atomic E-state index is 12.4. The topological polar surface area (TPSA) is 32.7 Å². The standard InChI is InChI=1S/C15H16N2OS2/c1-10(2)15(18)17-13(14-4-3-6-20-14)8-12(16-17)11-5-7-19-9-11/h3-7,9-10,13H,8H2,1-2H3. The summed E-state index contributed by atoms with van der Waals surface area (Å²) in [6.07, 6.45) is 0.801. The van der Waals surface area contributed by atoms with Crippen LogP contribution in [-0.2, 0) is 4.79 Å². The minimum atomic E-state index is -0.0389. The van der Waals surface area contributed by atoms with E-state index in [9.17, 15) is 4.79 Å². The van der Waals surface area contributed by atoms with Gasteiger partial charge in [0.25, 0.3) is 0 Å². The third kappa shape index (κ3) is 2.43. The molecule has 3 nitrogen and oxygen atoms in total. The Labute approximate surface area is 126 Å². The highest BCUT2D eigenvalue weighted by atomic mass is 32.1. The van der Waals surface area contributed by atoms with Crippen molar-refractivity contribution in [3.8, 4) is 0 Å². The van der Waals surface area contributed by atoms with E-state index in [-0.39, 0.29) is 17.9 Å². The number of hydrazone groups is 1. The van der Waals surface area contributed by atoms with Crippen LogP contribution >= 0.6 is 22.7 Å². The Bertz CT molecular complexity index is 614. The van der Waals surface area contributed by atoms with Crippen LogP contribution < -0.4 is 0 Å². The smallest absolute Gasteiger partial charge is 0.245 e. The second-order valence-electron chi connectivity index (χ2n) is 5.13. The van der Waals surface area contributed by atoms with E-state index in [1.54, 1.807) is 27.7 Å². The van der Waals surface area contributed by atoms with E-state index >= 15 is 0 Å². The number of rotatable bonds is 3. The highest BCUT2D eigenvalue weighted by molar-refractivity contribution is 7.10. The molecule has 1 aliphatic heterocycles. The molecule has 3 rings (SSSR count). The van der Waals surface area contributed by atoms with Gasteiger partial charge in [-0.1, -0.05) is 19.9 Å². The first-order valence-electron chi connectivity index (χ1n) is 6.63. The van der Waals surface area contributed by atoms with E-state index in [4.69, 9.17) is 0 Å². The van der Waals surface area contributed by atoms with Crippen LogP contribution in [-0.4, -0.2) is 16.6 Å². The van der Waals surface area contributed by atoms with Gasteiger partial charge in [0, 0.05) is 22.8 Å². The van der Waals surface area contributed by atoms with Crippen molar-refractivity contribution in [1.29, 1.82) is 0 Å². The van der Waals surface area contributed by atoms with Crippen LogP contribution in [0.1, 0.15) is 36.8 Å². The Morgan fingerprint density at radius 1 is 1.40 bits per heavy atom. The fraction of sp³-hybridized carbons (Fsp3) is 0.333. The molecule has 5 heteroatoms. The highest BCUT2D eigenvalue weighted by Crippen LogP contribution is 2.36. The minimum absolute atomic E-state index is 0.0389. The third-order valence-electron chi connectivity index (χ3n) is 3.36. The van der Waals surface area contributed by atoms with Gasteiger partial charge in [-0.15, -0.1) is 11.3 Å². The zero-order chi connectivity index (χ0) is 14.1. The lowest BCUT2D eigenvalue weighted by Crippen LogP contribution is -2.30. The van der Waals surface area contributed by atoms with Crippen molar-refractivity contribution >= 4 is 34.3 Å². The van der Waals surface area contributed by atoms with Crippen LogP contribution in [0.2, 0.25) is 0 Å². The first-order valence-corrected chi connectivity index (χ1v) is 8.45. The van der Waals surface area contributed by atoms with Gasteiger partial charge in [0.1, 0.15) is 0 Å². The number of thiophene rings is 2. The van der Waals surface area contributed by atoms with Gasteiger partial charge in [-0.2, -0.15) is 16.4 Å². The summed E-state index contributed by atoms with van der Waals surface area (Å²) in [5.41, 5.74) is 2.15. The first kappa shape index (κ1) is 13.5. The summed E-state index contributed by atoms with van der Waals surface area (Å²) in [7, 11) is 0. The molecule has 3 heterocycles. The first-order chi connectivity index (χ1) is 9.66. The number of hydrogen-bond donors (Lipinski definition) is 0. The average molecular weight is 304 g/mol. The molecular formula is C15H16N2OS2. The van der Waals surface area contributed by atoms with Crippen LogP contribution in [0.3, 0.4) is 0 Å². The van der Waals surface area contributed by atoms with E-state index in [1.807, 2.05) is 25.3 Å². The summed E-state index contributed by atoms with van der Waals surface area (Å²) in [6.45, 7) is 3.85. The Kier molecular flexibility index (Phi) is 3.72. The van der Waals surface area contributed by atoms with Crippen molar-refractivity contribution in [2.24, 2.45) is 11.0 Å². The molecule has 0 saturated carbocycles. The van der Waals surface area contributed by atoms with Crippen molar-refractivity contribution in [2.75, 3.05) is 0 Å². The molecule has 0 saturated heterocycles. The van der Waals surface area contributed by atoms with E-state index in [0.29, 0.717) is 0 Å². The summed E-state index contributed by atoms with van der Waals surface area (Å²) in [5.74, 6) is 0.0525. The van der Waals surface area contributed by atoms with E-state index in [2.05, 4.69) is 28.0 Å². The van der Waals surface area contributed by atoms with Crippen molar-refractivity contribution in [2.45, 2.75) is 26.3 Å². The van der Waals surface area contributed by atoms with Gasteiger partial charge < -0.3 is 0 Å². The average Bonchev–Trinajstić information content (AvgIpc) is 3.16. The Hall–Kier alpha value is -1.46. The Balaban J connectivity index is 1.94. The lowest BCUT2D eigenvalue weighted by molar-refractivity contribution is -0.136. The number of carbonyl (C=O) groups is 1. The van der Waals surface area contributed by atoms with Crippen LogP contribution in [0.15, 0.2) is 39.4 Å². The monoisotopic (exact) mass is 304 g/mol. The van der Waals surface area contributed by atoms with Gasteiger partial charge >= 0.3 is 0 Å². The predicted molar refractivity (Wildman–Crippen MR) is 84.2 cm³/mol. The summed E-state index contributed by atoms with van der Waals surface area (Å²) in [4.78, 5) is 13.6. The molecule has 0 fully saturated rings. The molecule has 0 radical (unpaired) electrons. The zero-order valence-electron chi connectivity index (χ0n) is 11.4. The van der Waals surface area contributed by atoms with Gasteiger partial charge in [0.15, 0.2) is 0 Å². The zero-order valence-corrected chi connectivity index (χ0v) is 13.1. The molecule has 0 spiro atoms. The van der Waals surface area contributed by atoms with Gasteiger partial charge in [0.2, 0.25) is 5.91 Å². The summed E-state index contributed by atoms with van der Waals surface area (Å²) >= 11 is 3.35. The number of carbonyl (C=O) groups excluding carboxylic acids is 1. The van der Waals surface area contributed by atoms with Crippen molar-refractivity contribution in [1.82, 2.24) is 5.01 Å². The van der Waals surface area contributed by atoms with Crippen molar-refractivity contribution in [3.05, 3.63) is 44.8 Å². The maximum Gasteiger partial charge on any atom is 0.245 e. The molecule has 1 aliphatic rings. The normalized spacial score (nSPS) is 18.6. The Morgan fingerprint density at radius 2 is 2.25 bits per heavy atom. The molecule has 20 heavy (non-hydrogen) atoms. The molecular weight excluding hydrogens is 288 g/mol. The molecule has 104 valence electrons. The second kappa shape index (κ2) is 5.50. The van der Waals surface area contributed by atoms with Gasteiger partial charge in [-0.05, 0) is 28.3 Å². The molecule has 0 N–H and O–H groups in total. The summed E-state index contributed by atoms with van der Waals surface area (Å²) in [5, 5.41) is 12.5. The SMILES string of the molecule is CC(C)C(=O)N1N=C(c2ccsc2)CC1c1cccs1. The molecule has 1 amide bonds. The van der Waals surface area contributed by atoms with Crippen LogP contribution in [0.25, 0.3) is 0 Å². The number of amides is 1. The van der Waals surface area contributed by atoms with Crippen LogP contribution in [0.5, 0.6) is 0 Å². The van der Waals surface area contributed by atoms with Crippen molar-refractivity contribution < 1.29 is 4.79 Å². The minimum Gasteiger partial charge on any atom is -0.273 e. The van der Waals surface area contributed by atoms with E-state index in [1.165, 1.54) is 4.88 Å². The van der Waals surface area contributed by atoms with Gasteiger partial charge in [-0.3, -0.25) is 4.79 Å². The van der Waals surface area contributed by atoms with Crippen LogP contribution in [0, 0.1) is 5.92 Å². The number of nitrogens with zero attached hydrogens (tertiary/aromatic N) is 2. The van der Waals surface area contributed by atoms with Gasteiger partial charge in [0.05, 0.1) is 11.8 Å². The third-order valence-corrected chi connectivity index (χ3v) is 5.01. The fourth-order valence-corrected chi connectivity index (χ4v) is 3.76. The quantitative estimate of drug-likeness (QED) is 0.838. The molecule has 2 aromatic rings. The molecule has 1 unspecified atom stereocenters. The van der Waals surface area contributed by atoms with Crippen LogP contribution in [0.4, 0.5) is 0 Å². The predicted octanol–water partition coefficient (Wildman–Crippen LogP) is 4.14. The molecule has 0 bridgehead atoms. The van der Waals surface area contributed by atoms with Gasteiger partial charge in [-0.25, -0.2) is 5.01 Å². The lowest BCUT2D eigenvalue weighted by atomic mass is 10.0. The molecule has 1 atom stereocenters. The van der Waals surface area contributed by atoms with E-state index in [0.717, 1.165) is 17.7 Å². The van der Waals surface area contributed by atoms with E-state index < -0.39 is 0 Å². The second-order valence-corrected chi connectivity index (χ2v) is 6.89. The maximum atomic E-state index is 12.4. The largest absolute Gasteiger partial charge is 0.273 e. The van der Waals surface area contributed by atoms with Crippen molar-refractivity contribution in [3.63, 3.8) is 0 Å². The molecule has 0 aromatic carbocycles. The molecule has 0 aliphatic carbocycles.